The lowest BCUT2D eigenvalue weighted by molar-refractivity contribution is -0.122. The number of amides is 1. The Morgan fingerprint density at radius 2 is 1.64 bits per heavy atom. The fraction of sp³-hybridized carbons (Fsp3) is 0.208. The first-order chi connectivity index (χ1) is 13.6. The maximum absolute atomic E-state index is 12.8. The second-order valence-corrected chi connectivity index (χ2v) is 6.68. The molecule has 3 rings (SSSR count). The molecule has 1 amide bonds. The van der Waals surface area contributed by atoms with Crippen molar-refractivity contribution in [3.63, 3.8) is 0 Å². The van der Waals surface area contributed by atoms with E-state index >= 15 is 0 Å². The third kappa shape index (κ3) is 4.92. The van der Waals surface area contributed by atoms with E-state index in [4.69, 9.17) is 9.47 Å². The molecule has 3 aromatic rings. The van der Waals surface area contributed by atoms with Crippen LogP contribution >= 0.6 is 0 Å². The van der Waals surface area contributed by atoms with E-state index in [0.29, 0.717) is 23.6 Å². The summed E-state index contributed by atoms with van der Waals surface area (Å²) in [6.07, 6.45) is -0.0351. The van der Waals surface area contributed by atoms with Crippen molar-refractivity contribution < 1.29 is 14.3 Å². The van der Waals surface area contributed by atoms with Gasteiger partial charge in [-0.3, -0.25) is 4.79 Å². The number of ether oxygens (including phenoxy) is 2. The Kier molecular flexibility index (Phi) is 6.33. The Bertz CT molecular complexity index is 938. The first-order valence-electron chi connectivity index (χ1n) is 9.43. The van der Waals surface area contributed by atoms with Gasteiger partial charge < -0.3 is 14.8 Å². The van der Waals surface area contributed by atoms with E-state index in [1.165, 1.54) is 0 Å². The Hall–Kier alpha value is -3.27. The summed E-state index contributed by atoms with van der Waals surface area (Å²) < 4.78 is 11.9. The lowest BCUT2D eigenvalue weighted by Gasteiger charge is -2.20. The van der Waals surface area contributed by atoms with Gasteiger partial charge in [0, 0.05) is 0 Å². The highest BCUT2D eigenvalue weighted by Crippen LogP contribution is 2.29. The highest BCUT2D eigenvalue weighted by Gasteiger charge is 2.20. The topological polar surface area (TPSA) is 47.6 Å². The molecule has 4 heteroatoms. The zero-order chi connectivity index (χ0) is 19.9. The third-order valence-electron chi connectivity index (χ3n) is 4.38. The van der Waals surface area contributed by atoms with Gasteiger partial charge in [-0.15, -0.1) is 0 Å². The molecule has 0 saturated heterocycles. The van der Waals surface area contributed by atoms with Crippen molar-refractivity contribution in [1.29, 1.82) is 0 Å². The summed E-state index contributed by atoms with van der Waals surface area (Å²) in [7, 11) is 0. The predicted molar refractivity (Wildman–Crippen MR) is 112 cm³/mol. The van der Waals surface area contributed by atoms with Gasteiger partial charge in [-0.05, 0) is 56.2 Å². The fourth-order valence-electron chi connectivity index (χ4n) is 2.89. The molecular weight excluding hydrogens is 350 g/mol. The van der Waals surface area contributed by atoms with Crippen LogP contribution < -0.4 is 14.8 Å². The van der Waals surface area contributed by atoms with Gasteiger partial charge in [-0.25, -0.2) is 0 Å². The van der Waals surface area contributed by atoms with Crippen molar-refractivity contribution >= 4 is 11.6 Å². The molecule has 0 heterocycles. The van der Waals surface area contributed by atoms with E-state index in [2.05, 4.69) is 5.32 Å². The first kappa shape index (κ1) is 19.5. The van der Waals surface area contributed by atoms with Gasteiger partial charge in [-0.1, -0.05) is 55.0 Å². The molecular formula is C24H25NO3. The fourth-order valence-corrected chi connectivity index (χ4v) is 2.89. The summed E-state index contributed by atoms with van der Waals surface area (Å²) in [5.74, 6) is 1.82. The molecule has 0 saturated carbocycles. The summed E-state index contributed by atoms with van der Waals surface area (Å²) in [6, 6.07) is 22.8. The summed E-state index contributed by atoms with van der Waals surface area (Å²) in [5, 5.41) is 2.94. The van der Waals surface area contributed by atoms with E-state index in [1.807, 2.05) is 93.6 Å². The van der Waals surface area contributed by atoms with Crippen LogP contribution in [0.15, 0.2) is 72.8 Å². The number of rotatable bonds is 7. The van der Waals surface area contributed by atoms with Gasteiger partial charge in [0.25, 0.3) is 5.91 Å². The third-order valence-corrected chi connectivity index (χ3v) is 4.38. The molecule has 0 aromatic heterocycles. The molecule has 0 aliphatic carbocycles. The molecule has 0 bridgehead atoms. The van der Waals surface area contributed by atoms with Crippen molar-refractivity contribution in [2.24, 2.45) is 0 Å². The summed E-state index contributed by atoms with van der Waals surface area (Å²) in [5.41, 5.74) is 2.78. The van der Waals surface area contributed by atoms with Crippen molar-refractivity contribution in [1.82, 2.24) is 0 Å². The minimum absolute atomic E-state index is 0.202. The second kappa shape index (κ2) is 9.09. The van der Waals surface area contributed by atoms with Gasteiger partial charge in [0.05, 0.1) is 5.69 Å². The number of nitrogens with one attached hydrogen (secondary N) is 1. The minimum Gasteiger partial charge on any atom is -0.480 e. The maximum atomic E-state index is 12.8. The zero-order valence-electron chi connectivity index (χ0n) is 16.4. The van der Waals surface area contributed by atoms with Gasteiger partial charge in [0.1, 0.15) is 11.5 Å². The number of carbonyl (C=O) groups is 1. The summed E-state index contributed by atoms with van der Waals surface area (Å²) >= 11 is 0. The number of hydrogen-bond acceptors (Lipinski definition) is 3. The molecule has 0 aliphatic heterocycles. The van der Waals surface area contributed by atoms with Crippen LogP contribution in [0.3, 0.4) is 0 Å². The normalized spacial score (nSPS) is 11.5. The number of anilines is 1. The molecule has 1 atom stereocenters. The maximum Gasteiger partial charge on any atom is 0.265 e. The molecule has 0 fully saturated rings. The minimum atomic E-state index is -0.591. The highest BCUT2D eigenvalue weighted by atomic mass is 16.5. The number of aryl methyl sites for hydroxylation is 2. The molecule has 0 unspecified atom stereocenters. The lowest BCUT2D eigenvalue weighted by atomic mass is 10.1. The Morgan fingerprint density at radius 1 is 0.929 bits per heavy atom. The Morgan fingerprint density at radius 3 is 2.36 bits per heavy atom. The van der Waals surface area contributed by atoms with Crippen LogP contribution in [0.1, 0.15) is 24.5 Å². The summed E-state index contributed by atoms with van der Waals surface area (Å²) in [6.45, 7) is 5.95. The van der Waals surface area contributed by atoms with Gasteiger partial charge >= 0.3 is 0 Å². The predicted octanol–water partition coefficient (Wildman–Crippen LogP) is 5.89. The average molecular weight is 375 g/mol. The van der Waals surface area contributed by atoms with E-state index in [1.54, 1.807) is 0 Å². The molecule has 28 heavy (non-hydrogen) atoms. The van der Waals surface area contributed by atoms with Crippen LogP contribution in [0, 0.1) is 13.8 Å². The second-order valence-electron chi connectivity index (χ2n) is 6.68. The van der Waals surface area contributed by atoms with Crippen molar-refractivity contribution in [2.75, 3.05) is 5.32 Å². The highest BCUT2D eigenvalue weighted by molar-refractivity contribution is 5.95. The van der Waals surface area contributed by atoms with Crippen LogP contribution in [-0.4, -0.2) is 12.0 Å². The number of para-hydroxylation sites is 3. The van der Waals surface area contributed by atoms with Crippen molar-refractivity contribution in [2.45, 2.75) is 33.3 Å². The lowest BCUT2D eigenvalue weighted by Crippen LogP contribution is -2.32. The van der Waals surface area contributed by atoms with Gasteiger partial charge in [0.2, 0.25) is 0 Å². The van der Waals surface area contributed by atoms with Crippen LogP contribution in [0.5, 0.6) is 17.2 Å². The Balaban J connectivity index is 1.74. The molecule has 0 radical (unpaired) electrons. The molecule has 0 aliphatic rings. The monoisotopic (exact) mass is 375 g/mol. The summed E-state index contributed by atoms with van der Waals surface area (Å²) in [4.78, 5) is 12.8. The standard InChI is InChI=1S/C24H25NO3/c1-4-21(28-22-15-14-17(2)16-18(22)3)24(26)25-20-12-8-9-13-23(20)27-19-10-6-5-7-11-19/h5-16,21H,4H2,1-3H3,(H,25,26)/t21-/m1/s1. The molecule has 3 aromatic carbocycles. The van der Waals surface area contributed by atoms with Crippen LogP contribution in [0.25, 0.3) is 0 Å². The first-order valence-corrected chi connectivity index (χ1v) is 9.43. The van der Waals surface area contributed by atoms with Gasteiger partial charge in [-0.2, -0.15) is 0 Å². The van der Waals surface area contributed by atoms with Crippen LogP contribution in [-0.2, 0) is 4.79 Å². The molecule has 0 spiro atoms. The van der Waals surface area contributed by atoms with Crippen molar-refractivity contribution in [3.8, 4) is 17.2 Å². The number of hydrogen-bond donors (Lipinski definition) is 1. The van der Waals surface area contributed by atoms with E-state index < -0.39 is 6.10 Å². The smallest absolute Gasteiger partial charge is 0.265 e. The largest absolute Gasteiger partial charge is 0.480 e. The Labute approximate surface area is 166 Å². The number of carbonyl (C=O) groups excluding carboxylic acids is 1. The van der Waals surface area contributed by atoms with E-state index in [0.717, 1.165) is 16.9 Å². The molecule has 1 N–H and O–H groups in total. The number of benzene rings is 3. The molecule has 144 valence electrons. The van der Waals surface area contributed by atoms with Crippen LogP contribution in [0.4, 0.5) is 5.69 Å². The van der Waals surface area contributed by atoms with Crippen molar-refractivity contribution in [3.05, 3.63) is 83.9 Å². The van der Waals surface area contributed by atoms with E-state index in [-0.39, 0.29) is 5.91 Å². The van der Waals surface area contributed by atoms with Crippen LogP contribution in [0.2, 0.25) is 0 Å². The molecule has 4 nitrogen and oxygen atoms in total. The van der Waals surface area contributed by atoms with E-state index in [9.17, 15) is 4.79 Å². The zero-order valence-corrected chi connectivity index (χ0v) is 16.4. The quantitative estimate of drug-likeness (QED) is 0.560. The average Bonchev–Trinajstić information content (AvgIpc) is 2.69. The SMILES string of the molecule is CC[C@@H](Oc1ccc(C)cc1C)C(=O)Nc1ccccc1Oc1ccccc1. The van der Waals surface area contributed by atoms with Gasteiger partial charge in [0.15, 0.2) is 11.9 Å².